The van der Waals surface area contributed by atoms with E-state index in [-0.39, 0.29) is 30.4 Å². The number of ether oxygens (including phenoxy) is 1. The van der Waals surface area contributed by atoms with Crippen molar-refractivity contribution in [2.75, 3.05) is 16.9 Å². The van der Waals surface area contributed by atoms with Crippen LogP contribution in [-0.2, 0) is 26.2 Å². The summed E-state index contributed by atoms with van der Waals surface area (Å²) in [5.74, 6) is -4.83. The topological polar surface area (TPSA) is 122 Å². The number of imide groups is 2. The lowest BCUT2D eigenvalue weighted by Crippen LogP contribution is -2.49. The van der Waals surface area contributed by atoms with Crippen molar-refractivity contribution < 1.29 is 29.0 Å². The normalized spacial score (nSPS) is 26.1. The molecule has 9 rings (SSSR count). The number of thiophene rings is 1. The minimum atomic E-state index is -1.40. The van der Waals surface area contributed by atoms with Crippen molar-refractivity contribution in [3.63, 3.8) is 0 Å². The molecule has 0 unspecified atom stereocenters. The first kappa shape index (κ1) is 35.7. The van der Waals surface area contributed by atoms with Crippen molar-refractivity contribution in [3.8, 4) is 22.1 Å². The molecule has 10 nitrogen and oxygen atoms in total. The Bertz CT molecular complexity index is 2580. The molecule has 2 aromatic heterocycles. The molecule has 55 heavy (non-hydrogen) atoms. The van der Waals surface area contributed by atoms with Crippen LogP contribution in [0.1, 0.15) is 42.4 Å². The number of phenolic OH excluding ortho intramolecular Hbond substituents is 1. The van der Waals surface area contributed by atoms with Gasteiger partial charge in [0.05, 0.1) is 40.8 Å². The number of hydrogen-bond acceptors (Lipinski definition) is 8. The number of amides is 4. The first-order valence-electron chi connectivity index (χ1n) is 18.1. The van der Waals surface area contributed by atoms with Gasteiger partial charge in [-0.2, -0.15) is 5.10 Å². The summed E-state index contributed by atoms with van der Waals surface area (Å²) in [7, 11) is 3.19. The number of carbonyl (C=O) groups is 4. The van der Waals surface area contributed by atoms with Crippen LogP contribution in [0.15, 0.2) is 72.3 Å². The zero-order chi connectivity index (χ0) is 38.8. The SMILES string of the molecule is COc1cccc(O)c1[C@H]1C2=CC[C@@H]3C(=O)N(c4ccc(C)c(Cl)c4)C(=O)[C@@H]3[C@@H]2C[C@H]2C(=O)N(c3cc(-c4sc5ccc(Cl)cc5c4C)nn3C)C(=O)[C@@]12C. The molecule has 13 heteroatoms. The highest BCUT2D eigenvalue weighted by Gasteiger charge is 2.68. The minimum absolute atomic E-state index is 0.0976. The molecule has 4 aliphatic rings. The van der Waals surface area contributed by atoms with Crippen molar-refractivity contribution >= 4 is 79.8 Å². The zero-order valence-electron chi connectivity index (χ0n) is 30.6. The second kappa shape index (κ2) is 12.5. The number of halogens is 2. The molecule has 3 fully saturated rings. The van der Waals surface area contributed by atoms with E-state index in [0.29, 0.717) is 38.6 Å². The fourth-order valence-corrected chi connectivity index (χ4v) is 11.2. The first-order chi connectivity index (χ1) is 26.3. The Balaban J connectivity index is 1.17. The Kier molecular flexibility index (Phi) is 8.13. The summed E-state index contributed by atoms with van der Waals surface area (Å²) in [5.41, 5.74) is 2.50. The van der Waals surface area contributed by atoms with Crippen LogP contribution in [0.25, 0.3) is 20.7 Å². The lowest BCUT2D eigenvalue weighted by Gasteiger charge is -2.49. The second-order valence-corrected chi connectivity index (χ2v) is 17.1. The number of rotatable bonds is 5. The first-order valence-corrected chi connectivity index (χ1v) is 19.6. The Morgan fingerprint density at radius 1 is 0.945 bits per heavy atom. The fraction of sp³-hybridized carbons (Fsp3) is 0.310. The van der Waals surface area contributed by atoms with E-state index in [1.807, 2.05) is 38.1 Å². The molecule has 2 saturated heterocycles. The van der Waals surface area contributed by atoms with Crippen LogP contribution in [0.3, 0.4) is 0 Å². The van der Waals surface area contributed by atoms with Crippen molar-refractivity contribution in [3.05, 3.63) is 99.0 Å². The smallest absolute Gasteiger partial charge is 0.242 e. The number of allylic oxidation sites excluding steroid dienone is 2. The summed E-state index contributed by atoms with van der Waals surface area (Å²) in [4.78, 5) is 62.0. The van der Waals surface area contributed by atoms with Crippen LogP contribution >= 0.6 is 34.5 Å². The fourth-order valence-electron chi connectivity index (χ4n) is 9.73. The number of aromatic hydroxyl groups is 1. The molecule has 4 amide bonds. The molecule has 1 saturated carbocycles. The second-order valence-electron chi connectivity index (χ2n) is 15.2. The van der Waals surface area contributed by atoms with Crippen LogP contribution < -0.4 is 14.5 Å². The molecule has 0 bridgehead atoms. The van der Waals surface area contributed by atoms with Gasteiger partial charge in [0.25, 0.3) is 0 Å². The molecule has 5 aromatic rings. The van der Waals surface area contributed by atoms with Crippen LogP contribution in [0.5, 0.6) is 11.5 Å². The Morgan fingerprint density at radius 2 is 1.73 bits per heavy atom. The number of phenols is 1. The predicted octanol–water partition coefficient (Wildman–Crippen LogP) is 8.37. The van der Waals surface area contributed by atoms with E-state index < -0.39 is 46.8 Å². The number of hydrogen-bond donors (Lipinski definition) is 1. The summed E-state index contributed by atoms with van der Waals surface area (Å²) < 4.78 is 8.38. The highest BCUT2D eigenvalue weighted by molar-refractivity contribution is 7.22. The number of aromatic nitrogens is 2. The molecule has 0 spiro atoms. The molecular weight excluding hydrogens is 759 g/mol. The van der Waals surface area contributed by atoms with E-state index in [1.54, 1.807) is 66.4 Å². The lowest BCUT2D eigenvalue weighted by molar-refractivity contribution is -0.131. The van der Waals surface area contributed by atoms with Gasteiger partial charge >= 0.3 is 0 Å². The largest absolute Gasteiger partial charge is 0.508 e. The Hall–Kier alpha value is -4.97. The van der Waals surface area contributed by atoms with Crippen LogP contribution in [-0.4, -0.2) is 45.6 Å². The molecule has 2 aliphatic carbocycles. The average Bonchev–Trinajstić information content (AvgIpc) is 3.83. The van der Waals surface area contributed by atoms with Crippen molar-refractivity contribution in [1.82, 2.24) is 9.78 Å². The minimum Gasteiger partial charge on any atom is -0.508 e. The predicted molar refractivity (Wildman–Crippen MR) is 212 cm³/mol. The quantitative estimate of drug-likeness (QED) is 0.140. The number of fused-ring (bicyclic) bond motifs is 5. The van der Waals surface area contributed by atoms with Crippen LogP contribution in [0, 0.1) is 42.9 Å². The summed E-state index contributed by atoms with van der Waals surface area (Å²) in [6.07, 6.45) is 2.35. The van der Waals surface area contributed by atoms with Gasteiger partial charge < -0.3 is 9.84 Å². The number of benzene rings is 3. The Labute approximate surface area is 330 Å². The zero-order valence-corrected chi connectivity index (χ0v) is 32.9. The van der Waals surface area contributed by atoms with Gasteiger partial charge in [-0.25, -0.2) is 9.80 Å². The molecule has 6 atom stereocenters. The monoisotopic (exact) mass is 794 g/mol. The summed E-state index contributed by atoms with van der Waals surface area (Å²) >= 11 is 14.3. The number of aryl methyl sites for hydroxylation is 3. The molecule has 280 valence electrons. The van der Waals surface area contributed by atoms with Gasteiger partial charge in [0.15, 0.2) is 0 Å². The number of anilines is 2. The highest BCUT2D eigenvalue weighted by atomic mass is 35.5. The van der Waals surface area contributed by atoms with E-state index in [1.165, 1.54) is 23.0 Å². The standard InChI is InChI=1S/C42H36Cl2N4O6S/c1-19-9-11-22(16-28(19)44)47-38(50)24-13-12-23-26(34(24)40(47)52)17-27-39(51)48(41(53)42(27,3)36(23)35-30(49)7-6-8-31(35)54-5)33-18-29(45-46(33)4)37-20(2)25-15-21(43)10-14-32(25)55-37/h6-12,14-16,18,24,26-27,34,36,49H,13,17H2,1-5H3/t24-,26+,27-,34-,36+,42+/m0/s1. The third-order valence-electron chi connectivity index (χ3n) is 12.5. The molecule has 3 aromatic carbocycles. The van der Waals surface area contributed by atoms with Crippen LogP contribution in [0.4, 0.5) is 11.5 Å². The maximum atomic E-state index is 15.2. The van der Waals surface area contributed by atoms with E-state index in [0.717, 1.165) is 31.7 Å². The van der Waals surface area contributed by atoms with Crippen LogP contribution in [0.2, 0.25) is 10.0 Å². The third-order valence-corrected chi connectivity index (χ3v) is 14.4. The lowest BCUT2D eigenvalue weighted by atomic mass is 9.51. The maximum absolute atomic E-state index is 15.2. The number of carbonyl (C=O) groups excluding carboxylic acids is 4. The number of nitrogens with zero attached hydrogens (tertiary/aromatic N) is 4. The molecule has 0 radical (unpaired) electrons. The van der Waals surface area contributed by atoms with Gasteiger partial charge in [0.2, 0.25) is 23.6 Å². The van der Waals surface area contributed by atoms with Crippen molar-refractivity contribution in [2.24, 2.45) is 36.1 Å². The van der Waals surface area contributed by atoms with Gasteiger partial charge in [-0.1, -0.05) is 47.0 Å². The van der Waals surface area contributed by atoms with E-state index >= 15 is 4.79 Å². The molecule has 1 N–H and O–H groups in total. The van der Waals surface area contributed by atoms with E-state index in [9.17, 15) is 19.5 Å². The van der Waals surface area contributed by atoms with Gasteiger partial charge in [0, 0.05) is 39.3 Å². The van der Waals surface area contributed by atoms with E-state index in [2.05, 4.69) is 0 Å². The number of methoxy groups -OCH3 is 1. The summed E-state index contributed by atoms with van der Waals surface area (Å²) in [6.45, 7) is 5.62. The third kappa shape index (κ3) is 4.95. The summed E-state index contributed by atoms with van der Waals surface area (Å²) in [6, 6.07) is 17.5. The van der Waals surface area contributed by atoms with Crippen molar-refractivity contribution in [2.45, 2.75) is 39.5 Å². The molecular formula is C42H36Cl2N4O6S. The van der Waals surface area contributed by atoms with Gasteiger partial charge in [-0.3, -0.25) is 23.9 Å². The van der Waals surface area contributed by atoms with E-state index in [4.69, 9.17) is 33.0 Å². The van der Waals surface area contributed by atoms with Gasteiger partial charge in [-0.15, -0.1) is 11.3 Å². The Morgan fingerprint density at radius 3 is 2.47 bits per heavy atom. The van der Waals surface area contributed by atoms with Gasteiger partial charge in [0.1, 0.15) is 23.0 Å². The highest BCUT2D eigenvalue weighted by Crippen LogP contribution is 2.65. The van der Waals surface area contributed by atoms with Gasteiger partial charge in [-0.05, 0) is 98.5 Å². The van der Waals surface area contributed by atoms with Crippen molar-refractivity contribution in [1.29, 1.82) is 0 Å². The average molecular weight is 796 g/mol. The molecule has 2 aliphatic heterocycles. The molecule has 4 heterocycles. The maximum Gasteiger partial charge on any atom is 0.242 e. The summed E-state index contributed by atoms with van der Waals surface area (Å²) in [5, 5.41) is 18.4.